The molecule has 0 saturated carbocycles. The largest absolute Gasteiger partial charge is 0.341 e. The highest BCUT2D eigenvalue weighted by molar-refractivity contribution is 5.33. The van der Waals surface area contributed by atoms with Crippen molar-refractivity contribution >= 4 is 5.95 Å². The number of piperidine rings is 1. The fraction of sp³-hybridized carbons (Fsp3) is 0.667. The van der Waals surface area contributed by atoms with Gasteiger partial charge < -0.3 is 10.6 Å². The van der Waals surface area contributed by atoms with Gasteiger partial charge in [-0.1, -0.05) is 6.92 Å². The molecule has 0 spiro atoms. The average molecular weight is 236 g/mol. The molecule has 1 saturated heterocycles. The third kappa shape index (κ3) is 2.49. The van der Waals surface area contributed by atoms with Crippen molar-refractivity contribution in [2.24, 2.45) is 12.8 Å². The molecular formula is C12H20N4O. The van der Waals surface area contributed by atoms with Gasteiger partial charge in [-0.3, -0.25) is 9.36 Å². The van der Waals surface area contributed by atoms with Crippen LogP contribution in [0.4, 0.5) is 5.95 Å². The maximum absolute atomic E-state index is 11.8. The van der Waals surface area contributed by atoms with E-state index in [0.29, 0.717) is 0 Å². The average Bonchev–Trinajstić information content (AvgIpc) is 2.32. The van der Waals surface area contributed by atoms with Gasteiger partial charge in [0.05, 0.1) is 0 Å². The van der Waals surface area contributed by atoms with E-state index in [2.05, 4.69) is 9.88 Å². The molecule has 0 radical (unpaired) electrons. The molecule has 5 heteroatoms. The number of aromatic nitrogens is 2. The van der Waals surface area contributed by atoms with Crippen molar-refractivity contribution in [3.05, 3.63) is 22.1 Å². The summed E-state index contributed by atoms with van der Waals surface area (Å²) in [6.07, 6.45) is 2.90. The third-order valence-electron chi connectivity index (χ3n) is 3.27. The number of hydrogen-bond donors (Lipinski definition) is 1. The summed E-state index contributed by atoms with van der Waals surface area (Å²) >= 11 is 0. The maximum atomic E-state index is 11.8. The number of aryl methyl sites for hydroxylation is 1. The van der Waals surface area contributed by atoms with E-state index in [1.54, 1.807) is 17.7 Å². The molecule has 2 heterocycles. The molecule has 1 atom stereocenters. The minimum atomic E-state index is 0.00555. The Kier molecular flexibility index (Phi) is 3.47. The molecule has 1 aliphatic rings. The topological polar surface area (TPSA) is 64.2 Å². The number of nitrogens with two attached hydrogens (primary N) is 1. The molecule has 1 fully saturated rings. The van der Waals surface area contributed by atoms with E-state index < -0.39 is 0 Å². The summed E-state index contributed by atoms with van der Waals surface area (Å²) in [5, 5.41) is 0. The van der Waals surface area contributed by atoms with E-state index in [9.17, 15) is 4.79 Å². The monoisotopic (exact) mass is 236 g/mol. The second-order valence-corrected chi connectivity index (χ2v) is 4.65. The molecule has 5 nitrogen and oxygen atoms in total. The van der Waals surface area contributed by atoms with Crippen molar-refractivity contribution in [3.63, 3.8) is 0 Å². The highest BCUT2D eigenvalue weighted by atomic mass is 16.1. The van der Waals surface area contributed by atoms with Crippen LogP contribution < -0.4 is 16.2 Å². The van der Waals surface area contributed by atoms with Gasteiger partial charge in [0, 0.05) is 37.9 Å². The molecular weight excluding hydrogens is 216 g/mol. The normalized spacial score (nSPS) is 20.6. The smallest absolute Gasteiger partial charge is 0.254 e. The van der Waals surface area contributed by atoms with Crippen LogP contribution in [0, 0.1) is 0 Å². The Morgan fingerprint density at radius 3 is 3.00 bits per heavy atom. The van der Waals surface area contributed by atoms with Crippen LogP contribution in [0.25, 0.3) is 0 Å². The molecule has 94 valence electrons. The molecule has 0 aromatic carbocycles. The summed E-state index contributed by atoms with van der Waals surface area (Å²) in [5.41, 5.74) is 6.82. The quantitative estimate of drug-likeness (QED) is 0.800. The standard InChI is InChI=1S/C12H20N4O/c1-3-10-7-11(17)15(2)12(14-10)16-6-4-5-9(13)8-16/h7,9H,3-6,8,13H2,1-2H3/t9-/m1/s1. The van der Waals surface area contributed by atoms with Crippen LogP contribution in [-0.2, 0) is 13.5 Å². The van der Waals surface area contributed by atoms with Crippen LogP contribution in [0.1, 0.15) is 25.5 Å². The lowest BCUT2D eigenvalue weighted by Gasteiger charge is -2.32. The van der Waals surface area contributed by atoms with Gasteiger partial charge in [0.1, 0.15) is 0 Å². The Hall–Kier alpha value is -1.36. The zero-order valence-electron chi connectivity index (χ0n) is 10.5. The second kappa shape index (κ2) is 4.87. The van der Waals surface area contributed by atoms with Crippen molar-refractivity contribution in [1.82, 2.24) is 9.55 Å². The zero-order chi connectivity index (χ0) is 12.4. The molecule has 0 bridgehead atoms. The van der Waals surface area contributed by atoms with Crippen molar-refractivity contribution in [3.8, 4) is 0 Å². The van der Waals surface area contributed by atoms with Gasteiger partial charge in [0.2, 0.25) is 5.95 Å². The highest BCUT2D eigenvalue weighted by Crippen LogP contribution is 2.15. The fourth-order valence-corrected chi connectivity index (χ4v) is 2.23. The molecule has 2 N–H and O–H groups in total. The molecule has 1 aliphatic heterocycles. The van der Waals surface area contributed by atoms with E-state index in [-0.39, 0.29) is 11.6 Å². The first-order chi connectivity index (χ1) is 8.11. The van der Waals surface area contributed by atoms with E-state index in [1.165, 1.54) is 0 Å². The Morgan fingerprint density at radius 2 is 2.35 bits per heavy atom. The molecule has 2 rings (SSSR count). The van der Waals surface area contributed by atoms with Gasteiger partial charge in [-0.25, -0.2) is 4.98 Å². The Bertz CT molecular complexity index is 454. The van der Waals surface area contributed by atoms with Gasteiger partial charge in [-0.15, -0.1) is 0 Å². The number of nitrogens with zero attached hydrogens (tertiary/aromatic N) is 3. The number of anilines is 1. The van der Waals surface area contributed by atoms with E-state index >= 15 is 0 Å². The summed E-state index contributed by atoms with van der Waals surface area (Å²) < 4.78 is 1.61. The van der Waals surface area contributed by atoms with Crippen LogP contribution in [-0.4, -0.2) is 28.7 Å². The molecule has 0 unspecified atom stereocenters. The summed E-state index contributed by atoms with van der Waals surface area (Å²) in [7, 11) is 1.77. The molecule has 0 amide bonds. The predicted molar refractivity (Wildman–Crippen MR) is 68.3 cm³/mol. The van der Waals surface area contributed by atoms with Crippen molar-refractivity contribution in [2.45, 2.75) is 32.2 Å². The lowest BCUT2D eigenvalue weighted by Crippen LogP contribution is -2.45. The van der Waals surface area contributed by atoms with E-state index in [0.717, 1.165) is 44.0 Å². The molecule has 0 aliphatic carbocycles. The fourth-order valence-electron chi connectivity index (χ4n) is 2.23. The van der Waals surface area contributed by atoms with E-state index in [4.69, 9.17) is 5.73 Å². The summed E-state index contributed by atoms with van der Waals surface area (Å²) in [5.74, 6) is 0.754. The summed E-state index contributed by atoms with van der Waals surface area (Å²) in [4.78, 5) is 18.5. The lowest BCUT2D eigenvalue weighted by atomic mass is 10.1. The van der Waals surface area contributed by atoms with Crippen LogP contribution >= 0.6 is 0 Å². The first-order valence-electron chi connectivity index (χ1n) is 6.19. The maximum Gasteiger partial charge on any atom is 0.254 e. The minimum absolute atomic E-state index is 0.00555. The first-order valence-corrected chi connectivity index (χ1v) is 6.19. The molecule has 1 aromatic heterocycles. The van der Waals surface area contributed by atoms with Gasteiger partial charge in [0.15, 0.2) is 0 Å². The van der Waals surface area contributed by atoms with Crippen LogP contribution in [0.3, 0.4) is 0 Å². The van der Waals surface area contributed by atoms with Gasteiger partial charge in [-0.2, -0.15) is 0 Å². The molecule has 17 heavy (non-hydrogen) atoms. The second-order valence-electron chi connectivity index (χ2n) is 4.65. The lowest BCUT2D eigenvalue weighted by molar-refractivity contribution is 0.492. The Morgan fingerprint density at radius 1 is 1.59 bits per heavy atom. The minimum Gasteiger partial charge on any atom is -0.341 e. The predicted octanol–water partition coefficient (Wildman–Crippen LogP) is 0.270. The SMILES string of the molecule is CCc1cc(=O)n(C)c(N2CCC[C@@H](N)C2)n1. The number of rotatable bonds is 2. The van der Waals surface area contributed by atoms with Crippen LogP contribution in [0.2, 0.25) is 0 Å². The van der Waals surface area contributed by atoms with E-state index in [1.807, 2.05) is 6.92 Å². The summed E-state index contributed by atoms with van der Waals surface area (Å²) in [6.45, 7) is 3.72. The zero-order valence-corrected chi connectivity index (χ0v) is 10.5. The van der Waals surface area contributed by atoms with Crippen molar-refractivity contribution in [2.75, 3.05) is 18.0 Å². The Labute approximate surface area is 101 Å². The van der Waals surface area contributed by atoms with Crippen LogP contribution in [0.5, 0.6) is 0 Å². The Balaban J connectivity index is 2.36. The van der Waals surface area contributed by atoms with Gasteiger partial charge in [-0.05, 0) is 19.3 Å². The van der Waals surface area contributed by atoms with Gasteiger partial charge in [0.25, 0.3) is 5.56 Å². The van der Waals surface area contributed by atoms with Crippen molar-refractivity contribution in [1.29, 1.82) is 0 Å². The van der Waals surface area contributed by atoms with Crippen molar-refractivity contribution < 1.29 is 0 Å². The highest BCUT2D eigenvalue weighted by Gasteiger charge is 2.20. The summed E-state index contributed by atoms with van der Waals surface area (Å²) in [6, 6.07) is 1.79. The van der Waals surface area contributed by atoms with Gasteiger partial charge >= 0.3 is 0 Å². The molecule has 1 aromatic rings. The third-order valence-corrected chi connectivity index (χ3v) is 3.27. The number of hydrogen-bond acceptors (Lipinski definition) is 4. The first kappa shape index (κ1) is 12.1. The van der Waals surface area contributed by atoms with Crippen LogP contribution in [0.15, 0.2) is 10.9 Å².